The second-order valence-electron chi connectivity index (χ2n) is 6.80. The number of likely N-dealkylation sites (N-methyl/N-ethyl adjacent to an activating group) is 1. The molecular weight excluding hydrogens is 396 g/mol. The predicted octanol–water partition coefficient (Wildman–Crippen LogP) is 3.53. The van der Waals surface area contributed by atoms with E-state index in [4.69, 9.17) is 0 Å². The lowest BCUT2D eigenvalue weighted by Crippen LogP contribution is -2.18. The Balaban J connectivity index is 1.57. The van der Waals surface area contributed by atoms with Crippen LogP contribution in [0.4, 0.5) is 11.6 Å². The summed E-state index contributed by atoms with van der Waals surface area (Å²) in [5.41, 5.74) is 2.91. The summed E-state index contributed by atoms with van der Waals surface area (Å²) in [7, 11) is 1.92. The van der Waals surface area contributed by atoms with Gasteiger partial charge in [0, 0.05) is 29.7 Å². The average molecular weight is 421 g/mol. The molecule has 30 heavy (non-hydrogen) atoms. The van der Waals surface area contributed by atoms with Crippen molar-refractivity contribution in [2.75, 3.05) is 37.4 Å². The standard InChI is InChI=1S/C22H24N6OS/c1-23-9-10-24-20-8-7-16(12-25-20)19-11-17-21(30-19)22(27-14-26-17)28-18(13-29)15-5-3-2-4-6-15/h2-8,11-12,14,18,23,29H,9-10,13H2,1H3,(H,24,25)(H,26,27,28)/t18-/m1/s1. The van der Waals surface area contributed by atoms with Crippen molar-refractivity contribution < 1.29 is 5.11 Å². The molecule has 0 unspecified atom stereocenters. The van der Waals surface area contributed by atoms with Crippen molar-refractivity contribution in [3.05, 3.63) is 66.6 Å². The van der Waals surface area contributed by atoms with Gasteiger partial charge >= 0.3 is 0 Å². The highest BCUT2D eigenvalue weighted by Gasteiger charge is 2.15. The number of rotatable bonds is 9. The molecule has 4 rings (SSSR count). The van der Waals surface area contributed by atoms with Crippen LogP contribution in [0.5, 0.6) is 0 Å². The molecule has 0 aliphatic heterocycles. The number of fused-ring (bicyclic) bond motifs is 1. The lowest BCUT2D eigenvalue weighted by molar-refractivity contribution is 0.276. The third kappa shape index (κ3) is 4.56. The van der Waals surface area contributed by atoms with Gasteiger partial charge in [-0.05, 0) is 30.8 Å². The van der Waals surface area contributed by atoms with E-state index in [2.05, 4.69) is 43.0 Å². The number of pyridine rings is 1. The first kappa shape index (κ1) is 20.2. The Labute approximate surface area is 179 Å². The van der Waals surface area contributed by atoms with Crippen LogP contribution in [-0.4, -0.2) is 46.8 Å². The van der Waals surface area contributed by atoms with Crippen LogP contribution in [0.15, 0.2) is 61.1 Å². The van der Waals surface area contributed by atoms with E-state index in [0.29, 0.717) is 0 Å². The van der Waals surface area contributed by atoms with Crippen LogP contribution in [0.3, 0.4) is 0 Å². The SMILES string of the molecule is CNCCNc1ccc(-c2cc3ncnc(N[C@H](CO)c4ccccc4)c3s2)cn1. The maximum absolute atomic E-state index is 9.88. The molecule has 4 aromatic rings. The number of anilines is 2. The zero-order valence-electron chi connectivity index (χ0n) is 16.7. The third-order valence-electron chi connectivity index (χ3n) is 4.74. The third-order valence-corrected chi connectivity index (χ3v) is 5.92. The lowest BCUT2D eigenvalue weighted by atomic mass is 10.1. The Morgan fingerprint density at radius 1 is 1.03 bits per heavy atom. The van der Waals surface area contributed by atoms with Gasteiger partial charge in [-0.2, -0.15) is 0 Å². The average Bonchev–Trinajstić information content (AvgIpc) is 3.24. The van der Waals surface area contributed by atoms with Gasteiger partial charge in [0.25, 0.3) is 0 Å². The van der Waals surface area contributed by atoms with Crippen molar-refractivity contribution in [1.29, 1.82) is 0 Å². The zero-order chi connectivity index (χ0) is 20.8. The van der Waals surface area contributed by atoms with Gasteiger partial charge in [0.15, 0.2) is 0 Å². The quantitative estimate of drug-likeness (QED) is 0.308. The Hall–Kier alpha value is -3.07. The molecule has 0 amide bonds. The minimum Gasteiger partial charge on any atom is -0.394 e. The summed E-state index contributed by atoms with van der Waals surface area (Å²) in [6, 6.07) is 15.7. The molecule has 0 saturated heterocycles. The van der Waals surface area contributed by atoms with Crippen molar-refractivity contribution in [3.8, 4) is 10.4 Å². The van der Waals surface area contributed by atoms with Gasteiger partial charge in [-0.1, -0.05) is 30.3 Å². The van der Waals surface area contributed by atoms with E-state index in [9.17, 15) is 5.11 Å². The fourth-order valence-electron chi connectivity index (χ4n) is 3.14. The molecule has 1 atom stereocenters. The summed E-state index contributed by atoms with van der Waals surface area (Å²) in [4.78, 5) is 14.4. The monoisotopic (exact) mass is 420 g/mol. The molecule has 7 nitrogen and oxygen atoms in total. The predicted molar refractivity (Wildman–Crippen MR) is 123 cm³/mol. The van der Waals surface area contributed by atoms with Gasteiger partial charge in [0.1, 0.15) is 18.0 Å². The van der Waals surface area contributed by atoms with Crippen molar-refractivity contribution in [2.24, 2.45) is 0 Å². The minimum absolute atomic E-state index is 0.0281. The topological polar surface area (TPSA) is 95.0 Å². The Kier molecular flexibility index (Phi) is 6.48. The summed E-state index contributed by atoms with van der Waals surface area (Å²) in [6.45, 7) is 1.68. The molecule has 3 aromatic heterocycles. The summed E-state index contributed by atoms with van der Waals surface area (Å²) in [6.07, 6.45) is 3.42. The number of thiophene rings is 1. The number of hydrogen-bond acceptors (Lipinski definition) is 8. The van der Waals surface area contributed by atoms with Crippen LogP contribution < -0.4 is 16.0 Å². The number of benzene rings is 1. The van der Waals surface area contributed by atoms with Gasteiger partial charge < -0.3 is 21.1 Å². The van der Waals surface area contributed by atoms with E-state index in [1.54, 1.807) is 17.7 Å². The van der Waals surface area contributed by atoms with E-state index in [-0.39, 0.29) is 12.6 Å². The van der Waals surface area contributed by atoms with E-state index in [1.165, 1.54) is 0 Å². The molecule has 0 aliphatic rings. The number of nitrogens with zero attached hydrogens (tertiary/aromatic N) is 3. The molecule has 0 saturated carbocycles. The van der Waals surface area contributed by atoms with Crippen LogP contribution in [0.2, 0.25) is 0 Å². The molecule has 3 heterocycles. The van der Waals surface area contributed by atoms with Crippen molar-refractivity contribution in [1.82, 2.24) is 20.3 Å². The highest BCUT2D eigenvalue weighted by molar-refractivity contribution is 7.22. The number of aliphatic hydroxyl groups excluding tert-OH is 1. The van der Waals surface area contributed by atoms with Gasteiger partial charge in [-0.3, -0.25) is 0 Å². The number of hydrogen-bond donors (Lipinski definition) is 4. The van der Waals surface area contributed by atoms with Crippen molar-refractivity contribution in [3.63, 3.8) is 0 Å². The van der Waals surface area contributed by atoms with Gasteiger partial charge in [0.05, 0.1) is 22.9 Å². The van der Waals surface area contributed by atoms with Crippen LogP contribution in [0, 0.1) is 0 Å². The van der Waals surface area contributed by atoms with Crippen LogP contribution in [0.25, 0.3) is 20.7 Å². The maximum atomic E-state index is 9.88. The molecule has 0 aliphatic carbocycles. The van der Waals surface area contributed by atoms with Gasteiger partial charge in [-0.25, -0.2) is 15.0 Å². The molecule has 0 spiro atoms. The van der Waals surface area contributed by atoms with Crippen LogP contribution >= 0.6 is 11.3 Å². The fraction of sp³-hybridized carbons (Fsp3) is 0.227. The second kappa shape index (κ2) is 9.62. The molecular formula is C22H24N6OS. The van der Waals surface area contributed by atoms with E-state index in [1.807, 2.05) is 49.6 Å². The van der Waals surface area contributed by atoms with Gasteiger partial charge in [0.2, 0.25) is 0 Å². The lowest BCUT2D eigenvalue weighted by Gasteiger charge is -2.17. The van der Waals surface area contributed by atoms with E-state index in [0.717, 1.165) is 50.9 Å². The summed E-state index contributed by atoms with van der Waals surface area (Å²) in [5, 5.41) is 19.6. The molecule has 0 bridgehead atoms. The summed E-state index contributed by atoms with van der Waals surface area (Å²) in [5.74, 6) is 1.57. The smallest absolute Gasteiger partial charge is 0.148 e. The highest BCUT2D eigenvalue weighted by atomic mass is 32.1. The molecule has 0 radical (unpaired) electrons. The first-order valence-corrected chi connectivity index (χ1v) is 10.6. The molecule has 1 aromatic carbocycles. The van der Waals surface area contributed by atoms with Gasteiger partial charge in [-0.15, -0.1) is 11.3 Å². The second-order valence-corrected chi connectivity index (χ2v) is 7.85. The highest BCUT2D eigenvalue weighted by Crippen LogP contribution is 2.36. The molecule has 154 valence electrons. The van der Waals surface area contributed by atoms with Crippen LogP contribution in [-0.2, 0) is 0 Å². The van der Waals surface area contributed by atoms with Crippen molar-refractivity contribution >= 4 is 33.2 Å². The van der Waals surface area contributed by atoms with E-state index < -0.39 is 0 Å². The molecule has 4 N–H and O–H groups in total. The number of aromatic nitrogens is 3. The maximum Gasteiger partial charge on any atom is 0.148 e. The normalized spacial score (nSPS) is 12.1. The molecule has 0 fully saturated rings. The Morgan fingerprint density at radius 2 is 1.90 bits per heavy atom. The zero-order valence-corrected chi connectivity index (χ0v) is 17.5. The fourth-order valence-corrected chi connectivity index (χ4v) is 4.20. The Bertz CT molecular complexity index is 1080. The van der Waals surface area contributed by atoms with Crippen molar-refractivity contribution in [2.45, 2.75) is 6.04 Å². The molecule has 8 heteroatoms. The minimum atomic E-state index is -0.237. The largest absolute Gasteiger partial charge is 0.394 e. The van der Waals surface area contributed by atoms with E-state index >= 15 is 0 Å². The van der Waals surface area contributed by atoms with Crippen LogP contribution in [0.1, 0.15) is 11.6 Å². The number of nitrogens with one attached hydrogen (secondary N) is 3. The first-order chi connectivity index (χ1) is 14.8. The number of aliphatic hydroxyl groups is 1. The summed E-state index contributed by atoms with van der Waals surface area (Å²) < 4.78 is 0.957. The first-order valence-electron chi connectivity index (χ1n) is 9.80. The Morgan fingerprint density at radius 3 is 2.63 bits per heavy atom. The summed E-state index contributed by atoms with van der Waals surface area (Å²) >= 11 is 1.61.